The van der Waals surface area contributed by atoms with Gasteiger partial charge in [-0.3, -0.25) is 0 Å². The van der Waals surface area contributed by atoms with Crippen LogP contribution in [0.4, 0.5) is 0 Å². The molecule has 0 aromatic heterocycles. The van der Waals surface area contributed by atoms with Crippen molar-refractivity contribution in [3.8, 4) is 0 Å². The van der Waals surface area contributed by atoms with Crippen molar-refractivity contribution in [2.75, 3.05) is 0 Å². The van der Waals surface area contributed by atoms with E-state index in [1.165, 1.54) is 24.2 Å². The highest BCUT2D eigenvalue weighted by Crippen LogP contribution is 2.89. The fourth-order valence-electron chi connectivity index (χ4n) is 6.78. The van der Waals surface area contributed by atoms with E-state index >= 15 is 0 Å². The largest absolute Gasteiger partial charge is 0.0820 e. The first-order valence-electron chi connectivity index (χ1n) is 8.12. The predicted molar refractivity (Wildman–Crippen MR) is 82.6 cm³/mol. The monoisotopic (exact) mass is 356 g/mol. The van der Waals surface area contributed by atoms with E-state index in [9.17, 15) is 0 Å². The first kappa shape index (κ1) is 11.4. The third kappa shape index (κ3) is 1.09. The van der Waals surface area contributed by atoms with Crippen LogP contribution in [0.3, 0.4) is 0 Å². The Morgan fingerprint density at radius 3 is 2.50 bits per heavy atom. The summed E-state index contributed by atoms with van der Waals surface area (Å²) in [7, 11) is 0. The highest BCUT2D eigenvalue weighted by Gasteiger charge is 2.85. The van der Waals surface area contributed by atoms with Crippen LogP contribution >= 0.6 is 22.6 Å². The Morgan fingerprint density at radius 2 is 1.78 bits per heavy atom. The van der Waals surface area contributed by atoms with Gasteiger partial charge in [0.15, 0.2) is 0 Å². The molecule has 0 heterocycles. The van der Waals surface area contributed by atoms with Crippen LogP contribution in [0.5, 0.6) is 0 Å². The molecule has 0 spiro atoms. The summed E-state index contributed by atoms with van der Waals surface area (Å²) in [5.74, 6) is 7.77. The van der Waals surface area contributed by atoms with Crippen LogP contribution in [0.15, 0.2) is 0 Å². The van der Waals surface area contributed by atoms with Crippen molar-refractivity contribution < 1.29 is 0 Å². The van der Waals surface area contributed by atoms with Gasteiger partial charge < -0.3 is 0 Å². The third-order valence-corrected chi connectivity index (χ3v) is 10.0. The maximum Gasteiger partial charge on any atom is 0.0177 e. The third-order valence-electron chi connectivity index (χ3n) is 8.30. The topological polar surface area (TPSA) is 0 Å². The number of rotatable bonds is 0. The van der Waals surface area contributed by atoms with E-state index in [1.807, 2.05) is 0 Å². The van der Waals surface area contributed by atoms with Crippen LogP contribution in [-0.2, 0) is 0 Å². The molecule has 0 aliphatic heterocycles. The lowest BCUT2D eigenvalue weighted by Crippen LogP contribution is -2.41. The van der Waals surface area contributed by atoms with Crippen molar-refractivity contribution in [2.45, 2.75) is 50.4 Å². The second kappa shape index (κ2) is 2.99. The maximum absolute atomic E-state index is 2.88. The van der Waals surface area contributed by atoms with E-state index in [4.69, 9.17) is 0 Å². The number of hydrogen-bond donors (Lipinski definition) is 0. The SMILES string of the molecule is C[C@H]1CCC2(C)C3C([C@@H]32)[C@@H]2[C@@H](I)[C@@H]1C[C@@H]1CC12C. The van der Waals surface area contributed by atoms with Gasteiger partial charge in [0.25, 0.3) is 0 Å². The van der Waals surface area contributed by atoms with Gasteiger partial charge in [-0.25, -0.2) is 0 Å². The molecule has 0 amide bonds. The molecule has 6 saturated carbocycles. The minimum absolute atomic E-state index is 0.783. The molecule has 0 saturated heterocycles. The summed E-state index contributed by atoms with van der Waals surface area (Å²) in [5.41, 5.74) is 1.60. The molecule has 0 N–H and O–H groups in total. The average Bonchev–Trinajstić information content (AvgIpc) is 3.20. The Balaban J connectivity index is 1.56. The maximum atomic E-state index is 2.88. The molecule has 0 nitrogen and oxygen atoms in total. The molecule has 18 heavy (non-hydrogen) atoms. The van der Waals surface area contributed by atoms with Gasteiger partial charge in [0.1, 0.15) is 0 Å². The van der Waals surface area contributed by atoms with Crippen molar-refractivity contribution in [3.05, 3.63) is 0 Å². The van der Waals surface area contributed by atoms with Crippen molar-refractivity contribution in [1.82, 2.24) is 0 Å². The smallest absolute Gasteiger partial charge is 0.0177 e. The number of hydrogen-bond acceptors (Lipinski definition) is 0. The van der Waals surface area contributed by atoms with Crippen molar-refractivity contribution in [2.24, 2.45) is 52.3 Å². The van der Waals surface area contributed by atoms with Gasteiger partial charge in [0, 0.05) is 3.92 Å². The molecule has 6 fully saturated rings. The number of halogens is 1. The molecule has 0 radical (unpaired) electrons. The highest BCUT2D eigenvalue weighted by atomic mass is 127. The zero-order valence-corrected chi connectivity index (χ0v) is 14.0. The van der Waals surface area contributed by atoms with Crippen LogP contribution < -0.4 is 0 Å². The summed E-state index contributed by atoms with van der Waals surface area (Å²) in [6.45, 7) is 7.82. The molecule has 0 aromatic carbocycles. The first-order valence-corrected chi connectivity index (χ1v) is 9.37. The minimum Gasteiger partial charge on any atom is -0.0820 e. The Morgan fingerprint density at radius 1 is 1.06 bits per heavy atom. The van der Waals surface area contributed by atoms with Gasteiger partial charge in [0.05, 0.1) is 0 Å². The predicted octanol–water partition coefficient (Wildman–Crippen LogP) is 4.76. The molecular formula is C17H25I. The zero-order valence-electron chi connectivity index (χ0n) is 11.8. The molecule has 4 unspecified atom stereocenters. The lowest BCUT2D eigenvalue weighted by atomic mass is 9.67. The van der Waals surface area contributed by atoms with Gasteiger partial charge in [-0.15, -0.1) is 0 Å². The Bertz CT molecular complexity index is 419. The second-order valence-corrected chi connectivity index (χ2v) is 10.4. The Kier molecular flexibility index (Phi) is 1.89. The lowest BCUT2D eigenvalue weighted by molar-refractivity contribution is 0.120. The van der Waals surface area contributed by atoms with Crippen LogP contribution in [0.1, 0.15) is 46.5 Å². The number of fused-ring (bicyclic) bond motifs is 3. The van der Waals surface area contributed by atoms with Gasteiger partial charge in [-0.1, -0.05) is 43.4 Å². The van der Waals surface area contributed by atoms with Crippen LogP contribution in [-0.4, -0.2) is 3.92 Å². The zero-order chi connectivity index (χ0) is 12.4. The highest BCUT2D eigenvalue weighted by molar-refractivity contribution is 14.1. The van der Waals surface area contributed by atoms with E-state index in [0.29, 0.717) is 0 Å². The average molecular weight is 356 g/mol. The summed E-state index contributed by atoms with van der Waals surface area (Å²) in [4.78, 5) is 0. The fraction of sp³-hybridized carbons (Fsp3) is 1.00. The van der Waals surface area contributed by atoms with E-state index in [2.05, 4.69) is 43.4 Å². The molecular weight excluding hydrogens is 331 g/mol. The van der Waals surface area contributed by atoms with E-state index in [0.717, 1.165) is 38.4 Å². The summed E-state index contributed by atoms with van der Waals surface area (Å²) in [6, 6.07) is 0. The first-order chi connectivity index (χ1) is 8.48. The van der Waals surface area contributed by atoms with Gasteiger partial charge in [0.2, 0.25) is 0 Å². The van der Waals surface area contributed by atoms with Gasteiger partial charge in [-0.05, 0) is 77.9 Å². The Hall–Kier alpha value is 0.730. The Labute approximate surface area is 125 Å². The van der Waals surface area contributed by atoms with E-state index in [1.54, 1.807) is 19.3 Å². The standard InChI is InChI=1S/C17H25I/c1-8-4-5-16(2)12-11(13(12)16)14-15(18)10(8)6-9-7-17(9,14)3/h8-15H,4-7H2,1-3H3/t8-,9+,10+,11?,12-,13?,14+,15-,16?,17?/m0/s1. The minimum atomic E-state index is 0.783. The summed E-state index contributed by atoms with van der Waals surface area (Å²) < 4.78 is 1.00. The van der Waals surface area contributed by atoms with E-state index < -0.39 is 0 Å². The summed E-state index contributed by atoms with van der Waals surface area (Å²) in [6.07, 6.45) is 6.22. The normalized spacial score (nSPS) is 75.3. The molecule has 100 valence electrons. The van der Waals surface area contributed by atoms with Crippen molar-refractivity contribution in [1.29, 1.82) is 0 Å². The summed E-state index contributed by atoms with van der Waals surface area (Å²) >= 11 is 2.88. The molecule has 6 rings (SSSR count). The second-order valence-electron chi connectivity index (χ2n) is 8.93. The van der Waals surface area contributed by atoms with Gasteiger partial charge in [-0.2, -0.15) is 0 Å². The van der Waals surface area contributed by atoms with Crippen molar-refractivity contribution in [3.63, 3.8) is 0 Å². The van der Waals surface area contributed by atoms with Crippen LogP contribution in [0, 0.1) is 52.3 Å². The van der Waals surface area contributed by atoms with Crippen molar-refractivity contribution >= 4 is 22.6 Å². The molecule has 6 aliphatic rings. The van der Waals surface area contributed by atoms with E-state index in [-0.39, 0.29) is 0 Å². The summed E-state index contributed by atoms with van der Waals surface area (Å²) in [5, 5.41) is 0. The molecule has 1 heteroatoms. The molecule has 6 aliphatic carbocycles. The molecule has 10 atom stereocenters. The van der Waals surface area contributed by atoms with Crippen LogP contribution in [0.2, 0.25) is 0 Å². The quantitative estimate of drug-likeness (QED) is 0.434. The fourth-order valence-corrected chi connectivity index (χ4v) is 9.09. The molecule has 0 aromatic rings. The molecule has 4 bridgehead atoms. The number of alkyl halides is 1. The van der Waals surface area contributed by atoms with Gasteiger partial charge >= 0.3 is 0 Å². The van der Waals surface area contributed by atoms with Crippen LogP contribution in [0.25, 0.3) is 0 Å². The lowest BCUT2D eigenvalue weighted by Gasteiger charge is -2.43.